The van der Waals surface area contributed by atoms with Gasteiger partial charge >= 0.3 is 0 Å². The second-order valence-corrected chi connectivity index (χ2v) is 34.0. The summed E-state index contributed by atoms with van der Waals surface area (Å²) < 4.78 is 0. The molecule has 526 valence electrons. The van der Waals surface area contributed by atoms with Crippen LogP contribution in [0.25, 0.3) is 0 Å². The zero-order valence-corrected chi connectivity index (χ0v) is 58.8. The maximum absolute atomic E-state index is 13.2. The van der Waals surface area contributed by atoms with Gasteiger partial charge in [0.15, 0.2) is 0 Å². The first-order valence-corrected chi connectivity index (χ1v) is 38.6. The van der Waals surface area contributed by atoms with Gasteiger partial charge in [-0.2, -0.15) is 0 Å². The lowest BCUT2D eigenvalue weighted by Crippen LogP contribution is -2.38. The van der Waals surface area contributed by atoms with Crippen molar-refractivity contribution in [1.29, 1.82) is 0 Å². The fraction of sp³-hybridized carbons (Fsp3) is 0.438. The maximum Gasteiger partial charge on any atom is 0.238 e. The Balaban J connectivity index is 0.0000000870. The second kappa shape index (κ2) is 23.5. The SMILES string of the molecule is Cc1cccc(C)c1N1C(=O)C2C3C=CC(C3)C2C1=O.Cc1ccccc1N1C(=O)C2C3C=CC(C3)C2C1=O.Cc1ccccc1N1C(=O)C2C3CC(C2C1=O)C1C2C=CC(C2)C31.O=C1C2C3C=CC(C3)C2C(=O)N1c1ccccc1.O=C1C2C3CC(C2C(=O)N1c1ccccc1)C1C2C=CC(C2)C31. The van der Waals surface area contributed by atoms with Gasteiger partial charge in [-0.05, 0) is 238 Å². The number of fused-ring (bicyclic) bond motifs is 39. The number of aryl methyl sites for hydroxylation is 4. The molecule has 14 aliphatic carbocycles. The van der Waals surface area contributed by atoms with E-state index in [-0.39, 0.29) is 154 Å². The minimum Gasteiger partial charge on any atom is -0.274 e. The Kier molecular flexibility index (Phi) is 14.5. The van der Waals surface area contributed by atoms with Crippen molar-refractivity contribution in [2.45, 2.75) is 72.6 Å². The maximum atomic E-state index is 13.2. The fourth-order valence-corrected chi connectivity index (χ4v) is 26.1. The van der Waals surface area contributed by atoms with E-state index in [1.807, 2.05) is 155 Å². The molecule has 19 aliphatic rings. The first-order valence-electron chi connectivity index (χ1n) is 38.6. The Hall–Kier alpha value is -9.50. The Bertz CT molecular complexity index is 4590. The Labute approximate surface area is 605 Å². The Morgan fingerprint density at radius 3 is 0.760 bits per heavy atom. The summed E-state index contributed by atoms with van der Waals surface area (Å²) in [6.45, 7) is 7.85. The summed E-state index contributed by atoms with van der Waals surface area (Å²) in [6, 6.07) is 40.0. The number of carbonyl (C=O) groups excluding carboxylic acids is 10. The highest BCUT2D eigenvalue weighted by atomic mass is 16.2. The summed E-state index contributed by atoms with van der Waals surface area (Å²) in [5.41, 5.74) is 7.79. The molecule has 5 aromatic carbocycles. The number of hydrogen-bond donors (Lipinski definition) is 0. The highest BCUT2D eigenvalue weighted by Gasteiger charge is 2.73. The van der Waals surface area contributed by atoms with Crippen molar-refractivity contribution in [2.75, 3.05) is 24.5 Å². The first-order chi connectivity index (χ1) is 50.5. The largest absolute Gasteiger partial charge is 0.274 e. The minimum atomic E-state index is -0.114. The molecule has 10 amide bonds. The minimum absolute atomic E-state index is 0.00106. The number of hydrogen-bond acceptors (Lipinski definition) is 10. The third kappa shape index (κ3) is 8.87. The fourth-order valence-electron chi connectivity index (χ4n) is 26.1. The summed E-state index contributed by atoms with van der Waals surface area (Å²) in [5, 5.41) is 0. The third-order valence-electron chi connectivity index (χ3n) is 29.7. The molecule has 14 fully saturated rings. The Morgan fingerprint density at radius 2 is 0.452 bits per heavy atom. The average molecular weight is 1380 g/mol. The van der Waals surface area contributed by atoms with Gasteiger partial charge in [-0.3, -0.25) is 57.7 Å². The number of imide groups is 5. The van der Waals surface area contributed by atoms with E-state index in [1.54, 1.807) is 0 Å². The molecule has 5 heterocycles. The molecule has 0 aromatic heterocycles. The number of para-hydroxylation sites is 5. The number of benzene rings is 5. The van der Waals surface area contributed by atoms with Crippen LogP contribution in [0.4, 0.5) is 28.4 Å². The topological polar surface area (TPSA) is 187 Å². The van der Waals surface area contributed by atoms with Gasteiger partial charge in [0.2, 0.25) is 59.1 Å². The summed E-state index contributed by atoms with van der Waals surface area (Å²) in [5.74, 6) is 8.30. The summed E-state index contributed by atoms with van der Waals surface area (Å²) in [7, 11) is 0. The number of allylic oxidation sites excluding steroid dienone is 10. The van der Waals surface area contributed by atoms with Crippen molar-refractivity contribution in [3.63, 3.8) is 0 Å². The molecule has 28 unspecified atom stereocenters. The molecule has 24 rings (SSSR count). The van der Waals surface area contributed by atoms with Crippen LogP contribution in [-0.2, 0) is 47.9 Å². The standard InChI is InChI=1S/C21H21NO2.C20H19NO2.C17H17NO2.C16H15NO2.C15H13NO2/c1-10-4-2-3-5-15(10)22-20(23)18-13-9-14(19(18)21(22)24)17-12-7-6-11(8-12)16(13)17;22-19-17-13-9-14(16-11-7-6-10(8-11)15(13)16)18(17)20(23)21(19)12-4-2-1-3-5-12;1-9-4-3-5-10(2)15(9)18-16(19)13-11-6-7-12(8-11)14(13)17(18)20;1-9-4-2-3-5-12(9)17-15(18)13-10-6-7-11(8-10)14(13)16(17)19;17-14-12-9-6-7-10(8-9)13(12)15(18)16(14)11-4-2-1-3-5-11/h2-7,11-14,16-19H,8-9H2,1H3;1-7,10-11,13-18H,8-9H2;3-7,11-14H,8H2,1-2H3;2-7,10-11,13-14H,8H2,1H3;1-7,9-10,12-13H,8H2. The van der Waals surface area contributed by atoms with Gasteiger partial charge in [-0.1, -0.05) is 152 Å². The van der Waals surface area contributed by atoms with Gasteiger partial charge in [0.05, 0.1) is 87.6 Å². The van der Waals surface area contributed by atoms with Crippen LogP contribution in [0.15, 0.2) is 188 Å². The van der Waals surface area contributed by atoms with Crippen LogP contribution in [-0.4, -0.2) is 59.1 Å². The summed E-state index contributed by atoms with van der Waals surface area (Å²) >= 11 is 0. The quantitative estimate of drug-likeness (QED) is 0.0931. The van der Waals surface area contributed by atoms with Crippen molar-refractivity contribution in [3.8, 4) is 0 Å². The van der Waals surface area contributed by atoms with Crippen molar-refractivity contribution in [3.05, 3.63) is 210 Å². The zero-order chi connectivity index (χ0) is 70.9. The van der Waals surface area contributed by atoms with Crippen molar-refractivity contribution < 1.29 is 47.9 Å². The molecular weight excluding hydrogens is 1300 g/mol. The predicted octanol–water partition coefficient (Wildman–Crippen LogP) is 13.0. The molecule has 28 atom stereocenters. The predicted molar refractivity (Wildman–Crippen MR) is 389 cm³/mol. The average Bonchev–Trinajstić information content (AvgIpc) is 1.52. The molecule has 15 heteroatoms. The zero-order valence-electron chi connectivity index (χ0n) is 58.8. The van der Waals surface area contributed by atoms with Gasteiger partial charge < -0.3 is 0 Å². The molecule has 5 aromatic rings. The van der Waals surface area contributed by atoms with Crippen LogP contribution in [0.2, 0.25) is 0 Å². The van der Waals surface area contributed by atoms with E-state index >= 15 is 0 Å². The molecule has 9 saturated carbocycles. The molecule has 15 nitrogen and oxygen atoms in total. The molecule has 0 radical (unpaired) electrons. The highest BCUT2D eigenvalue weighted by Crippen LogP contribution is 2.72. The van der Waals surface area contributed by atoms with E-state index < -0.39 is 0 Å². The van der Waals surface area contributed by atoms with Crippen LogP contribution >= 0.6 is 0 Å². The van der Waals surface area contributed by atoms with Crippen LogP contribution in [0.1, 0.15) is 67.2 Å². The molecular formula is C89H85N5O10. The molecule has 5 saturated heterocycles. The molecule has 5 aliphatic heterocycles. The van der Waals surface area contributed by atoms with E-state index in [2.05, 4.69) is 60.8 Å². The van der Waals surface area contributed by atoms with Gasteiger partial charge in [0.1, 0.15) is 0 Å². The first kappa shape index (κ1) is 64.1. The van der Waals surface area contributed by atoms with E-state index in [0.29, 0.717) is 76.7 Å². The Morgan fingerprint density at radius 1 is 0.221 bits per heavy atom. The molecule has 14 bridgehead atoms. The summed E-state index contributed by atoms with van der Waals surface area (Å²) in [4.78, 5) is 136. The third-order valence-corrected chi connectivity index (χ3v) is 29.7. The van der Waals surface area contributed by atoms with Crippen molar-refractivity contribution in [1.82, 2.24) is 0 Å². The van der Waals surface area contributed by atoms with Crippen LogP contribution < -0.4 is 24.5 Å². The number of nitrogens with zero attached hydrogens (tertiary/aromatic N) is 5. The molecule has 104 heavy (non-hydrogen) atoms. The summed E-state index contributed by atoms with van der Waals surface area (Å²) in [6.07, 6.45) is 30.0. The monoisotopic (exact) mass is 1380 g/mol. The van der Waals surface area contributed by atoms with E-state index in [4.69, 9.17) is 0 Å². The van der Waals surface area contributed by atoms with Crippen LogP contribution in [0, 0.1) is 193 Å². The van der Waals surface area contributed by atoms with E-state index in [9.17, 15) is 47.9 Å². The lowest BCUT2D eigenvalue weighted by Gasteiger charge is -2.36. The van der Waals surface area contributed by atoms with Gasteiger partial charge in [0, 0.05) is 0 Å². The second-order valence-electron chi connectivity index (χ2n) is 34.0. The van der Waals surface area contributed by atoms with Gasteiger partial charge in [-0.25, -0.2) is 14.7 Å². The van der Waals surface area contributed by atoms with Gasteiger partial charge in [0.25, 0.3) is 0 Å². The lowest BCUT2D eigenvalue weighted by molar-refractivity contribution is -0.124. The smallest absolute Gasteiger partial charge is 0.238 e. The molecule has 0 N–H and O–H groups in total. The van der Waals surface area contributed by atoms with Crippen molar-refractivity contribution >= 4 is 87.5 Å². The van der Waals surface area contributed by atoms with Crippen LogP contribution in [0.3, 0.4) is 0 Å². The van der Waals surface area contributed by atoms with Crippen molar-refractivity contribution in [2.24, 2.45) is 166 Å². The van der Waals surface area contributed by atoms with Crippen LogP contribution in [0.5, 0.6) is 0 Å². The number of anilines is 5. The number of amides is 10. The van der Waals surface area contributed by atoms with E-state index in [0.717, 1.165) is 77.1 Å². The number of carbonyl (C=O) groups is 10. The lowest BCUT2D eigenvalue weighted by atomic mass is 9.65. The van der Waals surface area contributed by atoms with E-state index in [1.165, 1.54) is 37.3 Å². The highest BCUT2D eigenvalue weighted by molar-refractivity contribution is 6.26. The molecule has 0 spiro atoms. The number of rotatable bonds is 5. The van der Waals surface area contributed by atoms with Gasteiger partial charge in [-0.15, -0.1) is 0 Å². The normalized spacial score (nSPS) is 40.9.